The van der Waals surface area contributed by atoms with Crippen LogP contribution >= 0.6 is 15.9 Å². The number of hydrogen-bond donors (Lipinski definition) is 1. The molecule has 2 nitrogen and oxygen atoms in total. The number of methoxy groups -OCH3 is 1. The minimum absolute atomic E-state index is 0.291. The Balaban J connectivity index is 2.56. The first-order valence-electron chi connectivity index (χ1n) is 4.74. The third-order valence-corrected chi connectivity index (χ3v) is 2.62. The van der Waals surface area contributed by atoms with Gasteiger partial charge in [-0.3, -0.25) is 0 Å². The molecule has 0 saturated carbocycles. The van der Waals surface area contributed by atoms with Crippen LogP contribution in [0.5, 0.6) is 0 Å². The molecule has 1 aromatic rings. The fourth-order valence-corrected chi connectivity index (χ4v) is 1.63. The van der Waals surface area contributed by atoms with Crippen LogP contribution in [-0.4, -0.2) is 24.9 Å². The Morgan fingerprint density at radius 1 is 1.53 bits per heavy atom. The molecule has 0 spiro atoms. The van der Waals surface area contributed by atoms with Gasteiger partial charge in [-0.25, -0.2) is 4.39 Å². The Kier molecular flexibility index (Phi) is 5.22. The van der Waals surface area contributed by atoms with E-state index in [1.807, 2.05) is 0 Å². The molecule has 0 heterocycles. The molecule has 1 aromatic carbocycles. The van der Waals surface area contributed by atoms with Crippen molar-refractivity contribution >= 4 is 15.9 Å². The first-order valence-corrected chi connectivity index (χ1v) is 5.53. The van der Waals surface area contributed by atoms with Crippen LogP contribution in [0.4, 0.5) is 4.39 Å². The Labute approximate surface area is 97.2 Å². The standard InChI is InChI=1S/C11H14BrFO2/c1-15-5-4-10(14)6-8-2-3-9(12)7-11(8)13/h2-3,7,10,14H,4-6H2,1H3. The van der Waals surface area contributed by atoms with Gasteiger partial charge in [-0.15, -0.1) is 0 Å². The number of hydrogen-bond acceptors (Lipinski definition) is 2. The van der Waals surface area contributed by atoms with Gasteiger partial charge < -0.3 is 9.84 Å². The van der Waals surface area contributed by atoms with Crippen molar-refractivity contribution in [2.24, 2.45) is 0 Å². The lowest BCUT2D eigenvalue weighted by Crippen LogP contribution is -2.13. The molecule has 0 aliphatic heterocycles. The number of aliphatic hydroxyl groups excluding tert-OH is 1. The van der Waals surface area contributed by atoms with Crippen molar-refractivity contribution in [2.75, 3.05) is 13.7 Å². The molecule has 1 atom stereocenters. The molecule has 1 rings (SSSR count). The first kappa shape index (κ1) is 12.6. The summed E-state index contributed by atoms with van der Waals surface area (Å²) >= 11 is 3.18. The summed E-state index contributed by atoms with van der Waals surface area (Å²) in [6.45, 7) is 0.485. The van der Waals surface area contributed by atoms with Crippen LogP contribution < -0.4 is 0 Å². The van der Waals surface area contributed by atoms with E-state index in [1.165, 1.54) is 6.07 Å². The van der Waals surface area contributed by atoms with Crippen molar-refractivity contribution < 1.29 is 14.2 Å². The van der Waals surface area contributed by atoms with E-state index in [9.17, 15) is 9.50 Å². The van der Waals surface area contributed by atoms with Crippen molar-refractivity contribution in [3.05, 3.63) is 34.1 Å². The minimum atomic E-state index is -0.555. The lowest BCUT2D eigenvalue weighted by Gasteiger charge is -2.10. The molecule has 1 N–H and O–H groups in total. The van der Waals surface area contributed by atoms with Crippen LogP contribution in [0.15, 0.2) is 22.7 Å². The molecule has 0 aromatic heterocycles. The number of benzene rings is 1. The highest BCUT2D eigenvalue weighted by molar-refractivity contribution is 9.10. The van der Waals surface area contributed by atoms with E-state index in [0.717, 1.165) is 0 Å². The van der Waals surface area contributed by atoms with Gasteiger partial charge in [0.15, 0.2) is 0 Å². The number of aliphatic hydroxyl groups is 1. The number of rotatable bonds is 5. The fraction of sp³-hybridized carbons (Fsp3) is 0.455. The van der Waals surface area contributed by atoms with Gasteiger partial charge in [-0.05, 0) is 24.1 Å². The average molecular weight is 277 g/mol. The van der Waals surface area contributed by atoms with Crippen LogP contribution in [-0.2, 0) is 11.2 Å². The van der Waals surface area contributed by atoms with E-state index < -0.39 is 6.10 Å². The van der Waals surface area contributed by atoms with Gasteiger partial charge in [0.2, 0.25) is 0 Å². The van der Waals surface area contributed by atoms with E-state index in [4.69, 9.17) is 4.74 Å². The Hall–Kier alpha value is -0.450. The summed E-state index contributed by atoms with van der Waals surface area (Å²) in [5, 5.41) is 9.57. The summed E-state index contributed by atoms with van der Waals surface area (Å²) in [5.74, 6) is -0.291. The maximum absolute atomic E-state index is 13.4. The minimum Gasteiger partial charge on any atom is -0.393 e. The fourth-order valence-electron chi connectivity index (χ4n) is 1.30. The normalized spacial score (nSPS) is 12.8. The van der Waals surface area contributed by atoms with Gasteiger partial charge in [0, 0.05) is 24.6 Å². The largest absolute Gasteiger partial charge is 0.393 e. The van der Waals surface area contributed by atoms with E-state index >= 15 is 0 Å². The predicted molar refractivity (Wildman–Crippen MR) is 60.3 cm³/mol. The summed E-state index contributed by atoms with van der Waals surface area (Å²) in [6.07, 6.45) is 0.287. The first-order chi connectivity index (χ1) is 7.13. The molecule has 15 heavy (non-hydrogen) atoms. The maximum Gasteiger partial charge on any atom is 0.127 e. The van der Waals surface area contributed by atoms with Gasteiger partial charge in [-0.1, -0.05) is 22.0 Å². The summed E-state index contributed by atoms with van der Waals surface area (Å²) in [7, 11) is 1.58. The molecule has 0 radical (unpaired) electrons. The number of ether oxygens (including phenoxy) is 1. The highest BCUT2D eigenvalue weighted by atomic mass is 79.9. The molecule has 0 saturated heterocycles. The average Bonchev–Trinajstić information content (AvgIpc) is 2.19. The molecular weight excluding hydrogens is 263 g/mol. The van der Waals surface area contributed by atoms with Crippen LogP contribution in [0.2, 0.25) is 0 Å². The van der Waals surface area contributed by atoms with E-state index in [2.05, 4.69) is 15.9 Å². The third kappa shape index (κ3) is 4.28. The van der Waals surface area contributed by atoms with Gasteiger partial charge in [0.05, 0.1) is 6.10 Å². The van der Waals surface area contributed by atoms with Crippen molar-refractivity contribution in [1.29, 1.82) is 0 Å². The molecule has 0 fully saturated rings. The lowest BCUT2D eigenvalue weighted by molar-refractivity contribution is 0.109. The van der Waals surface area contributed by atoms with E-state index in [-0.39, 0.29) is 5.82 Å². The van der Waals surface area contributed by atoms with Gasteiger partial charge in [-0.2, -0.15) is 0 Å². The monoisotopic (exact) mass is 276 g/mol. The highest BCUT2D eigenvalue weighted by Gasteiger charge is 2.09. The molecule has 84 valence electrons. The zero-order valence-corrected chi connectivity index (χ0v) is 10.1. The molecule has 1 unspecified atom stereocenters. The van der Waals surface area contributed by atoms with Gasteiger partial charge in [0.25, 0.3) is 0 Å². The topological polar surface area (TPSA) is 29.5 Å². The van der Waals surface area contributed by atoms with Gasteiger partial charge >= 0.3 is 0 Å². The van der Waals surface area contributed by atoms with Crippen LogP contribution in [0.3, 0.4) is 0 Å². The third-order valence-electron chi connectivity index (χ3n) is 2.13. The second kappa shape index (κ2) is 6.20. The molecule has 0 bridgehead atoms. The summed E-state index contributed by atoms with van der Waals surface area (Å²) in [5.41, 5.74) is 0.529. The second-order valence-corrected chi connectivity index (χ2v) is 4.29. The van der Waals surface area contributed by atoms with Crippen molar-refractivity contribution in [1.82, 2.24) is 0 Å². The predicted octanol–water partition coefficient (Wildman–Crippen LogP) is 2.53. The molecule has 4 heteroatoms. The van der Waals surface area contributed by atoms with Crippen molar-refractivity contribution in [2.45, 2.75) is 18.9 Å². The van der Waals surface area contributed by atoms with Crippen LogP contribution in [0.1, 0.15) is 12.0 Å². The SMILES string of the molecule is COCCC(O)Cc1ccc(Br)cc1F. The smallest absolute Gasteiger partial charge is 0.127 e. The van der Waals surface area contributed by atoms with Crippen LogP contribution in [0.25, 0.3) is 0 Å². The molecule has 0 aliphatic rings. The van der Waals surface area contributed by atoms with Crippen molar-refractivity contribution in [3.8, 4) is 0 Å². The van der Waals surface area contributed by atoms with Crippen molar-refractivity contribution in [3.63, 3.8) is 0 Å². The molecule has 0 aliphatic carbocycles. The second-order valence-electron chi connectivity index (χ2n) is 3.38. The Morgan fingerprint density at radius 3 is 2.87 bits per heavy atom. The summed E-state index contributed by atoms with van der Waals surface area (Å²) < 4.78 is 18.9. The number of halogens is 2. The van der Waals surface area contributed by atoms with Gasteiger partial charge in [0.1, 0.15) is 5.82 Å². The van der Waals surface area contributed by atoms with E-state index in [1.54, 1.807) is 19.2 Å². The van der Waals surface area contributed by atoms with Crippen LogP contribution in [0, 0.1) is 5.82 Å². The Morgan fingerprint density at radius 2 is 2.27 bits per heavy atom. The Bertz CT molecular complexity index is 317. The quantitative estimate of drug-likeness (QED) is 0.896. The molecule has 0 amide bonds. The molecular formula is C11H14BrFO2. The summed E-state index contributed by atoms with van der Waals surface area (Å²) in [4.78, 5) is 0. The highest BCUT2D eigenvalue weighted by Crippen LogP contribution is 2.17. The zero-order valence-electron chi connectivity index (χ0n) is 8.54. The van der Waals surface area contributed by atoms with E-state index in [0.29, 0.717) is 29.5 Å². The zero-order chi connectivity index (χ0) is 11.3. The lowest BCUT2D eigenvalue weighted by atomic mass is 10.1. The summed E-state index contributed by atoms with van der Waals surface area (Å²) in [6, 6.07) is 4.84. The maximum atomic E-state index is 13.4.